The van der Waals surface area contributed by atoms with Gasteiger partial charge >= 0.3 is 0 Å². The van der Waals surface area contributed by atoms with E-state index in [0.717, 1.165) is 24.4 Å². The molecule has 1 saturated heterocycles. The first-order chi connectivity index (χ1) is 14.0. The fourth-order valence-corrected chi connectivity index (χ4v) is 3.58. The quantitative estimate of drug-likeness (QED) is 0.694. The summed E-state index contributed by atoms with van der Waals surface area (Å²) >= 11 is 0. The van der Waals surface area contributed by atoms with Gasteiger partial charge in [0.15, 0.2) is 0 Å². The molecule has 0 radical (unpaired) electrons. The summed E-state index contributed by atoms with van der Waals surface area (Å²) in [4.78, 5) is 19.2. The highest BCUT2D eigenvalue weighted by molar-refractivity contribution is 5.76. The third-order valence-electron chi connectivity index (χ3n) is 5.39. The molecule has 1 aromatic heterocycles. The molecular formula is C22H32N4O3. The number of carbonyl (C=O) groups is 1. The molecule has 7 nitrogen and oxygen atoms in total. The maximum absolute atomic E-state index is 12.3. The van der Waals surface area contributed by atoms with E-state index < -0.39 is 0 Å². The van der Waals surface area contributed by atoms with Crippen LogP contribution < -0.4 is 10.1 Å². The van der Waals surface area contributed by atoms with E-state index >= 15 is 0 Å². The van der Waals surface area contributed by atoms with Gasteiger partial charge in [0, 0.05) is 30.5 Å². The molecule has 2 heterocycles. The minimum atomic E-state index is -0.0264. The third-order valence-corrected chi connectivity index (χ3v) is 5.39. The van der Waals surface area contributed by atoms with E-state index in [-0.39, 0.29) is 11.4 Å². The van der Waals surface area contributed by atoms with E-state index in [4.69, 9.17) is 9.26 Å². The number of likely N-dealkylation sites (tertiary alicyclic amines) is 1. The van der Waals surface area contributed by atoms with Gasteiger partial charge in [-0.15, -0.1) is 0 Å². The lowest BCUT2D eigenvalue weighted by atomic mass is 9.98. The van der Waals surface area contributed by atoms with Gasteiger partial charge in [-0.05, 0) is 71.0 Å². The maximum atomic E-state index is 12.3. The lowest BCUT2D eigenvalue weighted by Gasteiger charge is -2.41. The van der Waals surface area contributed by atoms with Crippen LogP contribution in [0.1, 0.15) is 52.3 Å². The van der Waals surface area contributed by atoms with Crippen molar-refractivity contribution in [3.8, 4) is 17.1 Å². The Balaban J connectivity index is 1.45. The summed E-state index contributed by atoms with van der Waals surface area (Å²) in [5.41, 5.74) is 0.831. The second-order valence-electron chi connectivity index (χ2n) is 8.11. The number of hydrogen-bond donors (Lipinski definition) is 1. The minimum absolute atomic E-state index is 0.0101. The van der Waals surface area contributed by atoms with Crippen molar-refractivity contribution < 1.29 is 14.1 Å². The van der Waals surface area contributed by atoms with Crippen LogP contribution in [-0.2, 0) is 11.2 Å². The fraction of sp³-hybridized carbons (Fsp3) is 0.591. The number of ether oxygens (including phenoxy) is 1. The van der Waals surface area contributed by atoms with Crippen molar-refractivity contribution in [3.05, 3.63) is 30.2 Å². The number of aryl methyl sites for hydroxylation is 1. The standard InChI is InChI=1S/C22H32N4O3/c1-4-28-18-10-8-17(9-11-18)21-24-20(29-25-21)13-12-19(27)23-16-22(2,3)26-14-6-5-7-15-26/h8-11H,4-7,12-16H2,1-3H3,(H,23,27). The number of rotatable bonds is 9. The summed E-state index contributed by atoms with van der Waals surface area (Å²) < 4.78 is 10.7. The predicted octanol–water partition coefficient (Wildman–Crippen LogP) is 3.45. The summed E-state index contributed by atoms with van der Waals surface area (Å²) in [6.45, 7) is 9.83. The Kier molecular flexibility index (Phi) is 7.25. The van der Waals surface area contributed by atoms with Gasteiger partial charge in [0.2, 0.25) is 17.6 Å². The first kappa shape index (κ1) is 21.3. The van der Waals surface area contributed by atoms with Crippen LogP contribution in [0.15, 0.2) is 28.8 Å². The highest BCUT2D eigenvalue weighted by Crippen LogP contribution is 2.21. The van der Waals surface area contributed by atoms with Crippen molar-refractivity contribution in [3.63, 3.8) is 0 Å². The molecular weight excluding hydrogens is 368 g/mol. The van der Waals surface area contributed by atoms with Crippen molar-refractivity contribution in [1.82, 2.24) is 20.4 Å². The zero-order chi connectivity index (χ0) is 20.7. The first-order valence-electron chi connectivity index (χ1n) is 10.6. The van der Waals surface area contributed by atoms with Crippen LogP contribution in [0.25, 0.3) is 11.4 Å². The summed E-state index contributed by atoms with van der Waals surface area (Å²) in [6.07, 6.45) is 4.55. The second kappa shape index (κ2) is 9.87. The van der Waals surface area contributed by atoms with Gasteiger partial charge < -0.3 is 14.6 Å². The first-order valence-corrected chi connectivity index (χ1v) is 10.6. The molecule has 7 heteroatoms. The molecule has 0 atom stereocenters. The molecule has 0 aliphatic carbocycles. The summed E-state index contributed by atoms with van der Waals surface area (Å²) in [5, 5.41) is 7.08. The minimum Gasteiger partial charge on any atom is -0.494 e. The van der Waals surface area contributed by atoms with Gasteiger partial charge in [0.25, 0.3) is 0 Å². The number of aromatic nitrogens is 2. The molecule has 1 amide bonds. The Morgan fingerprint density at radius 3 is 2.62 bits per heavy atom. The van der Waals surface area contributed by atoms with E-state index in [1.165, 1.54) is 19.3 Å². The molecule has 1 aromatic carbocycles. The van der Waals surface area contributed by atoms with E-state index in [0.29, 0.717) is 37.7 Å². The summed E-state index contributed by atoms with van der Waals surface area (Å²) in [7, 11) is 0. The van der Waals surface area contributed by atoms with Gasteiger partial charge in [-0.2, -0.15) is 4.98 Å². The fourth-order valence-electron chi connectivity index (χ4n) is 3.58. The Morgan fingerprint density at radius 1 is 1.21 bits per heavy atom. The molecule has 158 valence electrons. The monoisotopic (exact) mass is 400 g/mol. The van der Waals surface area contributed by atoms with Gasteiger partial charge in [0.05, 0.1) is 6.61 Å². The number of hydrogen-bond acceptors (Lipinski definition) is 6. The molecule has 1 aliphatic heterocycles. The number of benzene rings is 1. The Labute approximate surface area is 172 Å². The number of nitrogens with one attached hydrogen (secondary N) is 1. The number of piperidine rings is 1. The highest BCUT2D eigenvalue weighted by atomic mass is 16.5. The van der Waals surface area contributed by atoms with Crippen molar-refractivity contribution in [2.24, 2.45) is 0 Å². The van der Waals surface area contributed by atoms with Crippen molar-refractivity contribution >= 4 is 5.91 Å². The summed E-state index contributed by atoms with van der Waals surface area (Å²) in [5.74, 6) is 1.81. The summed E-state index contributed by atoms with van der Waals surface area (Å²) in [6, 6.07) is 7.56. The zero-order valence-corrected chi connectivity index (χ0v) is 17.7. The van der Waals surface area contributed by atoms with Crippen LogP contribution in [0.5, 0.6) is 5.75 Å². The number of nitrogens with zero attached hydrogens (tertiary/aromatic N) is 3. The largest absolute Gasteiger partial charge is 0.494 e. The molecule has 0 bridgehead atoms. The molecule has 29 heavy (non-hydrogen) atoms. The third kappa shape index (κ3) is 6.03. The molecule has 2 aromatic rings. The Bertz CT molecular complexity index is 780. The van der Waals surface area contributed by atoms with Gasteiger partial charge in [-0.25, -0.2) is 0 Å². The Hall–Kier alpha value is -2.41. The van der Waals surface area contributed by atoms with Gasteiger partial charge in [-0.3, -0.25) is 9.69 Å². The van der Waals surface area contributed by atoms with Crippen LogP contribution in [0.4, 0.5) is 0 Å². The topological polar surface area (TPSA) is 80.5 Å². The van der Waals surface area contributed by atoms with Gasteiger partial charge in [0.1, 0.15) is 5.75 Å². The average Bonchev–Trinajstić information content (AvgIpc) is 3.21. The molecule has 3 rings (SSSR count). The van der Waals surface area contributed by atoms with E-state index in [1.54, 1.807) is 0 Å². The smallest absolute Gasteiger partial charge is 0.227 e. The van der Waals surface area contributed by atoms with Crippen molar-refractivity contribution in [2.75, 3.05) is 26.2 Å². The van der Waals surface area contributed by atoms with Crippen molar-refractivity contribution in [2.45, 2.75) is 58.4 Å². The van der Waals surface area contributed by atoms with Crippen molar-refractivity contribution in [1.29, 1.82) is 0 Å². The molecule has 1 aliphatic rings. The molecule has 1 N–H and O–H groups in total. The zero-order valence-electron chi connectivity index (χ0n) is 17.7. The Morgan fingerprint density at radius 2 is 1.93 bits per heavy atom. The van der Waals surface area contributed by atoms with E-state index in [1.807, 2.05) is 31.2 Å². The average molecular weight is 401 g/mol. The van der Waals surface area contributed by atoms with Crippen LogP contribution in [0, 0.1) is 0 Å². The maximum Gasteiger partial charge on any atom is 0.227 e. The lowest BCUT2D eigenvalue weighted by molar-refractivity contribution is -0.121. The molecule has 0 spiro atoms. The van der Waals surface area contributed by atoms with Crippen LogP contribution in [0.2, 0.25) is 0 Å². The van der Waals surface area contributed by atoms with Crippen LogP contribution >= 0.6 is 0 Å². The van der Waals surface area contributed by atoms with Gasteiger partial charge in [-0.1, -0.05) is 11.6 Å². The van der Waals surface area contributed by atoms with E-state index in [9.17, 15) is 4.79 Å². The number of amides is 1. The second-order valence-corrected chi connectivity index (χ2v) is 8.11. The van der Waals surface area contributed by atoms with Crippen LogP contribution in [-0.4, -0.2) is 52.7 Å². The SMILES string of the molecule is CCOc1ccc(-c2noc(CCC(=O)NCC(C)(C)N3CCCCC3)n2)cc1. The number of carbonyl (C=O) groups excluding carboxylic acids is 1. The van der Waals surface area contributed by atoms with E-state index in [2.05, 4.69) is 34.2 Å². The molecule has 1 fully saturated rings. The molecule has 0 saturated carbocycles. The van der Waals surface area contributed by atoms with Crippen LogP contribution in [0.3, 0.4) is 0 Å². The molecule has 0 unspecified atom stereocenters. The normalized spacial score (nSPS) is 15.3. The lowest BCUT2D eigenvalue weighted by Crippen LogP contribution is -2.53. The highest BCUT2D eigenvalue weighted by Gasteiger charge is 2.28. The predicted molar refractivity (Wildman–Crippen MR) is 112 cm³/mol.